The molecule has 0 aliphatic rings. The van der Waals surface area contributed by atoms with Crippen LogP contribution in [0.1, 0.15) is 13.3 Å². The molecule has 0 aliphatic carbocycles. The molecule has 0 amide bonds. The number of rotatable bonds is 3. The molecule has 0 aromatic heterocycles. The zero-order valence-corrected chi connectivity index (χ0v) is 5.82. The Kier molecular flexibility index (Phi) is 6.22. The Morgan fingerprint density at radius 1 is 1.38 bits per heavy atom. The lowest BCUT2D eigenvalue weighted by atomic mass is 10.4. The monoisotopic (exact) mass is 126 g/mol. The molecular formula is C7H10S. The molecule has 0 unspecified atom stereocenters. The Labute approximate surface area is 55.9 Å². The Morgan fingerprint density at radius 3 is 2.62 bits per heavy atom. The minimum absolute atomic E-state index is 0.889. The highest BCUT2D eigenvalue weighted by Gasteiger charge is 1.62. The Morgan fingerprint density at radius 2 is 2.12 bits per heavy atom. The van der Waals surface area contributed by atoms with Gasteiger partial charge in [0, 0.05) is 0 Å². The molecule has 0 saturated carbocycles. The molecule has 0 heterocycles. The summed E-state index contributed by atoms with van der Waals surface area (Å²) in [5, 5.41) is 1.71. The molecule has 0 bridgehead atoms. The molecule has 8 heavy (non-hydrogen) atoms. The third-order valence-corrected chi connectivity index (χ3v) is 0.864. The van der Waals surface area contributed by atoms with Crippen molar-refractivity contribution >= 4 is 17.6 Å². The third-order valence-electron chi connectivity index (χ3n) is 0.672. The summed E-state index contributed by atoms with van der Waals surface area (Å²) in [4.78, 5) is 0. The lowest BCUT2D eigenvalue weighted by Crippen LogP contribution is -1.59. The van der Waals surface area contributed by atoms with Gasteiger partial charge in [-0.05, 0) is 18.7 Å². The third kappa shape index (κ3) is 5.57. The van der Waals surface area contributed by atoms with Crippen molar-refractivity contribution in [3.8, 4) is 0 Å². The Balaban J connectivity index is 3.19. The van der Waals surface area contributed by atoms with Gasteiger partial charge in [-0.15, -0.1) is 0 Å². The first-order chi connectivity index (χ1) is 3.91. The van der Waals surface area contributed by atoms with Crippen LogP contribution in [0, 0.1) is 0 Å². The average molecular weight is 126 g/mol. The summed E-state index contributed by atoms with van der Waals surface area (Å²) in [5.41, 5.74) is 0. The first kappa shape index (κ1) is 7.57. The van der Waals surface area contributed by atoms with E-state index in [4.69, 9.17) is 0 Å². The maximum Gasteiger partial charge on any atom is -0.00608 e. The number of hydrogen-bond donors (Lipinski definition) is 0. The lowest BCUT2D eigenvalue weighted by Gasteiger charge is -1.72. The molecule has 0 spiro atoms. The van der Waals surface area contributed by atoms with Crippen LogP contribution in [0.3, 0.4) is 0 Å². The van der Waals surface area contributed by atoms with Gasteiger partial charge < -0.3 is 0 Å². The zero-order valence-electron chi connectivity index (χ0n) is 5.00. The molecule has 1 heteroatoms. The van der Waals surface area contributed by atoms with Gasteiger partial charge in [0.05, 0.1) is 0 Å². The van der Waals surface area contributed by atoms with E-state index < -0.39 is 0 Å². The summed E-state index contributed by atoms with van der Waals surface area (Å²) >= 11 is 4.60. The normalized spacial score (nSPS) is 11.1. The van der Waals surface area contributed by atoms with E-state index in [1.54, 1.807) is 5.37 Å². The number of allylic oxidation sites excluding steroid dienone is 4. The summed E-state index contributed by atoms with van der Waals surface area (Å²) in [6, 6.07) is 0. The van der Waals surface area contributed by atoms with E-state index in [9.17, 15) is 0 Å². The summed E-state index contributed by atoms with van der Waals surface area (Å²) in [6.07, 6.45) is 8.87. The Hall–Kier alpha value is -0.430. The molecule has 0 saturated heterocycles. The van der Waals surface area contributed by atoms with Crippen LogP contribution in [-0.2, 0) is 0 Å². The van der Waals surface area contributed by atoms with Crippen molar-refractivity contribution in [3.05, 3.63) is 24.3 Å². The first-order valence-corrected chi connectivity index (χ1v) is 3.10. The van der Waals surface area contributed by atoms with Crippen LogP contribution in [0.25, 0.3) is 0 Å². The van der Waals surface area contributed by atoms with E-state index in [1.807, 2.05) is 31.2 Å². The molecule has 0 fully saturated rings. The highest BCUT2D eigenvalue weighted by Crippen LogP contribution is 1.79. The van der Waals surface area contributed by atoms with E-state index in [2.05, 4.69) is 12.2 Å². The van der Waals surface area contributed by atoms with Gasteiger partial charge in [-0.2, -0.15) is 0 Å². The average Bonchev–Trinajstić information content (AvgIpc) is 1.81. The predicted molar refractivity (Wildman–Crippen MR) is 42.2 cm³/mol. The van der Waals surface area contributed by atoms with E-state index in [0.29, 0.717) is 0 Å². The van der Waals surface area contributed by atoms with E-state index in [0.717, 1.165) is 6.42 Å². The maximum absolute atomic E-state index is 4.60. The second kappa shape index (κ2) is 6.57. The van der Waals surface area contributed by atoms with Gasteiger partial charge in [0.1, 0.15) is 0 Å². The van der Waals surface area contributed by atoms with Crippen molar-refractivity contribution in [3.63, 3.8) is 0 Å². The summed E-state index contributed by atoms with van der Waals surface area (Å²) in [6.45, 7) is 1.99. The smallest absolute Gasteiger partial charge is 0.00608 e. The van der Waals surface area contributed by atoms with Crippen LogP contribution in [0.2, 0.25) is 0 Å². The van der Waals surface area contributed by atoms with Crippen LogP contribution in [-0.4, -0.2) is 5.37 Å². The molecule has 0 nitrogen and oxygen atoms in total. The van der Waals surface area contributed by atoms with Crippen LogP contribution in [0.15, 0.2) is 24.3 Å². The van der Waals surface area contributed by atoms with Crippen molar-refractivity contribution in [2.24, 2.45) is 0 Å². The molecule has 0 aromatic rings. The van der Waals surface area contributed by atoms with Crippen molar-refractivity contribution in [2.45, 2.75) is 13.3 Å². The fraction of sp³-hybridized carbons (Fsp3) is 0.286. The van der Waals surface area contributed by atoms with Crippen molar-refractivity contribution in [2.75, 3.05) is 0 Å². The van der Waals surface area contributed by atoms with Crippen LogP contribution < -0.4 is 0 Å². The molecule has 0 N–H and O–H groups in total. The van der Waals surface area contributed by atoms with Crippen molar-refractivity contribution in [1.29, 1.82) is 0 Å². The van der Waals surface area contributed by atoms with Crippen molar-refractivity contribution < 1.29 is 0 Å². The number of thiocarbonyl (C=S) groups is 1. The molecule has 44 valence electrons. The van der Waals surface area contributed by atoms with Gasteiger partial charge in [0.2, 0.25) is 0 Å². The maximum atomic E-state index is 4.60. The SMILES string of the molecule is C/C=C\C=C/CC=S. The molecule has 0 atom stereocenters. The number of hydrogen-bond acceptors (Lipinski definition) is 1. The summed E-state index contributed by atoms with van der Waals surface area (Å²) < 4.78 is 0. The second-order valence-electron chi connectivity index (χ2n) is 1.36. The van der Waals surface area contributed by atoms with Gasteiger partial charge in [-0.3, -0.25) is 0 Å². The second-order valence-corrected chi connectivity index (χ2v) is 1.69. The predicted octanol–water partition coefficient (Wildman–Crippen LogP) is 2.51. The van der Waals surface area contributed by atoms with Crippen LogP contribution >= 0.6 is 12.2 Å². The van der Waals surface area contributed by atoms with Crippen LogP contribution in [0.5, 0.6) is 0 Å². The molecule has 0 aliphatic heterocycles. The first-order valence-electron chi connectivity index (χ1n) is 2.63. The van der Waals surface area contributed by atoms with E-state index >= 15 is 0 Å². The highest BCUT2D eigenvalue weighted by atomic mass is 32.1. The zero-order chi connectivity index (χ0) is 6.24. The quantitative estimate of drug-likeness (QED) is 0.413. The fourth-order valence-electron chi connectivity index (χ4n) is 0.324. The minimum Gasteiger partial charge on any atom is -0.0931 e. The lowest BCUT2D eigenvalue weighted by molar-refractivity contribution is 1.56. The van der Waals surface area contributed by atoms with Gasteiger partial charge in [0.15, 0.2) is 0 Å². The summed E-state index contributed by atoms with van der Waals surface area (Å²) in [7, 11) is 0. The topological polar surface area (TPSA) is 0 Å². The molecule has 0 aromatic carbocycles. The largest absolute Gasteiger partial charge is 0.0931 e. The van der Waals surface area contributed by atoms with Gasteiger partial charge >= 0.3 is 0 Å². The van der Waals surface area contributed by atoms with Gasteiger partial charge in [-0.25, -0.2) is 0 Å². The molecule has 0 rings (SSSR count). The van der Waals surface area contributed by atoms with Crippen molar-refractivity contribution in [1.82, 2.24) is 0 Å². The van der Waals surface area contributed by atoms with Gasteiger partial charge in [0.25, 0.3) is 0 Å². The fourth-order valence-corrected chi connectivity index (χ4v) is 0.435. The highest BCUT2D eigenvalue weighted by molar-refractivity contribution is 7.78. The molecule has 0 radical (unpaired) electrons. The van der Waals surface area contributed by atoms with E-state index in [-0.39, 0.29) is 0 Å². The van der Waals surface area contributed by atoms with E-state index in [1.165, 1.54) is 0 Å². The molecular weight excluding hydrogens is 116 g/mol. The van der Waals surface area contributed by atoms with Crippen LogP contribution in [0.4, 0.5) is 0 Å². The Bertz CT molecular complexity index is 101. The summed E-state index contributed by atoms with van der Waals surface area (Å²) in [5.74, 6) is 0. The van der Waals surface area contributed by atoms with Gasteiger partial charge in [-0.1, -0.05) is 36.5 Å². The standard InChI is InChI=1S/C7H10S/c1-2-3-4-5-6-7-8/h2-5,7H,6H2,1H3/b3-2-,5-4-. The minimum atomic E-state index is 0.889.